The number of piperidine rings is 1. The van der Waals surface area contributed by atoms with Crippen molar-refractivity contribution < 1.29 is 23.8 Å². The molecule has 6 aliphatic rings. The van der Waals surface area contributed by atoms with Gasteiger partial charge in [-0.2, -0.15) is 0 Å². The summed E-state index contributed by atoms with van der Waals surface area (Å²) in [5, 5.41) is 0. The molecule has 0 aromatic rings. The Labute approximate surface area is 209 Å². The van der Waals surface area contributed by atoms with E-state index >= 15 is 0 Å². The van der Waals surface area contributed by atoms with E-state index in [1.807, 2.05) is 6.08 Å². The molecule has 6 nitrogen and oxygen atoms in total. The Morgan fingerprint density at radius 2 is 2.00 bits per heavy atom. The van der Waals surface area contributed by atoms with Crippen molar-refractivity contribution in [3.8, 4) is 0 Å². The smallest absolute Gasteiger partial charge is 0.482 e. The fourth-order valence-electron chi connectivity index (χ4n) is 8.10. The SMILES string of the molecule is CCCCCCCCOC(=O)OC1=C2O[C@H]3C(=O)CCC4C5CC(C=C1)C2[C@]43CCN5CC1CC1. The molecule has 2 bridgehead atoms. The number of rotatable bonds is 10. The van der Waals surface area contributed by atoms with Crippen LogP contribution in [-0.2, 0) is 19.0 Å². The van der Waals surface area contributed by atoms with E-state index in [0.717, 1.165) is 50.3 Å². The number of carbonyl (C=O) groups is 2. The molecule has 0 aromatic heterocycles. The number of unbranched alkanes of at least 4 members (excludes halogenated alkanes) is 5. The van der Waals surface area contributed by atoms with Gasteiger partial charge in [-0.05, 0) is 68.9 Å². The van der Waals surface area contributed by atoms with Crippen LogP contribution < -0.4 is 0 Å². The first-order valence-electron chi connectivity index (χ1n) is 14.3. The van der Waals surface area contributed by atoms with Crippen molar-refractivity contribution in [2.45, 2.75) is 96.1 Å². The molecule has 0 aromatic carbocycles. The number of allylic oxidation sites excluding steroid dienone is 3. The van der Waals surface area contributed by atoms with Gasteiger partial charge in [0.05, 0.1) is 6.61 Å². The Hall–Kier alpha value is -1.82. The number of carbonyl (C=O) groups excluding carboxylic acids is 2. The summed E-state index contributed by atoms with van der Waals surface area (Å²) >= 11 is 0. The van der Waals surface area contributed by atoms with E-state index < -0.39 is 6.16 Å². The maximum atomic E-state index is 13.1. The van der Waals surface area contributed by atoms with Gasteiger partial charge in [0.25, 0.3) is 0 Å². The highest BCUT2D eigenvalue weighted by atomic mass is 16.7. The van der Waals surface area contributed by atoms with E-state index in [9.17, 15) is 9.59 Å². The first-order valence-corrected chi connectivity index (χ1v) is 14.3. The molecule has 0 N–H and O–H groups in total. The lowest BCUT2D eigenvalue weighted by molar-refractivity contribution is -0.161. The van der Waals surface area contributed by atoms with E-state index in [4.69, 9.17) is 14.2 Å². The summed E-state index contributed by atoms with van der Waals surface area (Å²) in [6.07, 6.45) is 16.4. The van der Waals surface area contributed by atoms with Gasteiger partial charge < -0.3 is 14.2 Å². The van der Waals surface area contributed by atoms with Gasteiger partial charge in [-0.15, -0.1) is 0 Å². The van der Waals surface area contributed by atoms with Crippen molar-refractivity contribution in [1.29, 1.82) is 0 Å². The van der Waals surface area contributed by atoms with Crippen molar-refractivity contribution in [2.75, 3.05) is 19.7 Å². The Bertz CT molecular complexity index is 907. The first kappa shape index (κ1) is 23.6. The molecule has 2 saturated heterocycles. The van der Waals surface area contributed by atoms with E-state index in [0.29, 0.717) is 36.7 Å². The molecular formula is C29H41NO5. The first-order chi connectivity index (χ1) is 17.1. The molecule has 6 heteroatoms. The monoisotopic (exact) mass is 483 g/mol. The average Bonchev–Trinajstić information content (AvgIpc) is 3.60. The standard InChI is InChI=1S/C29H41NO5/c1-2-3-4-5-6-7-16-33-28(32)34-24-13-10-20-17-22-21-11-12-23(31)27-29(21,25(20)26(24)35-27)14-15-30(22)18-19-8-9-19/h10,13,19-22,25,27H,2-9,11-12,14-18H2,1H3/t20?,21?,22?,25?,27-,29-/m0/s1. The van der Waals surface area contributed by atoms with Crippen LogP contribution in [-0.4, -0.2) is 48.7 Å². The Morgan fingerprint density at radius 1 is 1.17 bits per heavy atom. The van der Waals surface area contributed by atoms with Crippen molar-refractivity contribution in [1.82, 2.24) is 4.90 Å². The van der Waals surface area contributed by atoms with E-state index in [1.54, 1.807) is 0 Å². The summed E-state index contributed by atoms with van der Waals surface area (Å²) in [4.78, 5) is 28.4. The van der Waals surface area contributed by atoms with Crippen LogP contribution >= 0.6 is 0 Å². The van der Waals surface area contributed by atoms with Crippen LogP contribution in [0.3, 0.4) is 0 Å². The van der Waals surface area contributed by atoms with E-state index in [-0.39, 0.29) is 23.2 Å². The molecule has 1 spiro atoms. The molecule has 6 rings (SSSR count). The molecule has 0 amide bonds. The summed E-state index contributed by atoms with van der Waals surface area (Å²) in [5.41, 5.74) is -0.139. The van der Waals surface area contributed by atoms with Crippen LogP contribution in [0.4, 0.5) is 4.79 Å². The van der Waals surface area contributed by atoms with Crippen molar-refractivity contribution >= 4 is 11.9 Å². The van der Waals surface area contributed by atoms with Crippen LogP contribution in [0, 0.1) is 29.1 Å². The highest BCUT2D eigenvalue weighted by Crippen LogP contribution is 2.68. The van der Waals surface area contributed by atoms with Crippen LogP contribution in [0.15, 0.2) is 23.7 Å². The van der Waals surface area contributed by atoms with E-state index in [1.165, 1.54) is 45.1 Å². The largest absolute Gasteiger partial charge is 0.513 e. The summed E-state index contributed by atoms with van der Waals surface area (Å²) in [6.45, 7) is 4.87. The molecular weight excluding hydrogens is 442 g/mol. The lowest BCUT2D eigenvalue weighted by Crippen LogP contribution is -2.66. The maximum Gasteiger partial charge on any atom is 0.513 e. The molecule has 192 valence electrons. The number of ketones is 1. The lowest BCUT2D eigenvalue weighted by atomic mass is 9.46. The zero-order chi connectivity index (χ0) is 24.0. The zero-order valence-electron chi connectivity index (χ0n) is 21.2. The summed E-state index contributed by atoms with van der Waals surface area (Å²) < 4.78 is 17.6. The molecule has 5 fully saturated rings. The second-order valence-corrected chi connectivity index (χ2v) is 11.9. The average molecular weight is 484 g/mol. The highest BCUT2D eigenvalue weighted by molar-refractivity contribution is 5.86. The second kappa shape index (κ2) is 9.57. The number of nitrogens with zero attached hydrogens (tertiary/aromatic N) is 1. The van der Waals surface area contributed by atoms with Gasteiger partial charge in [-0.25, -0.2) is 4.79 Å². The van der Waals surface area contributed by atoms with Gasteiger partial charge >= 0.3 is 6.16 Å². The number of hydrogen-bond acceptors (Lipinski definition) is 6. The molecule has 0 radical (unpaired) electrons. The summed E-state index contributed by atoms with van der Waals surface area (Å²) in [7, 11) is 0. The van der Waals surface area contributed by atoms with Crippen molar-refractivity contribution in [3.63, 3.8) is 0 Å². The van der Waals surface area contributed by atoms with Crippen molar-refractivity contribution in [3.05, 3.63) is 23.7 Å². The third-order valence-corrected chi connectivity index (χ3v) is 9.82. The number of hydrogen-bond donors (Lipinski definition) is 0. The van der Waals surface area contributed by atoms with Gasteiger partial charge in [0.1, 0.15) is 5.76 Å². The van der Waals surface area contributed by atoms with Gasteiger partial charge in [0.2, 0.25) is 0 Å². The Kier molecular flexibility index (Phi) is 6.44. The quantitative estimate of drug-likeness (QED) is 0.290. The predicted octanol–water partition coefficient (Wildman–Crippen LogP) is 5.77. The zero-order valence-corrected chi connectivity index (χ0v) is 21.2. The van der Waals surface area contributed by atoms with Gasteiger partial charge in [-0.3, -0.25) is 9.69 Å². The molecule has 4 aliphatic carbocycles. The molecule has 3 saturated carbocycles. The summed E-state index contributed by atoms with van der Waals surface area (Å²) in [5.74, 6) is 3.30. The summed E-state index contributed by atoms with van der Waals surface area (Å²) in [6, 6.07) is 0.540. The minimum Gasteiger partial charge on any atom is -0.482 e. The fourth-order valence-corrected chi connectivity index (χ4v) is 8.10. The second-order valence-electron chi connectivity index (χ2n) is 11.9. The van der Waals surface area contributed by atoms with E-state index in [2.05, 4.69) is 17.9 Å². The number of likely N-dealkylation sites (tertiary alicyclic amines) is 1. The molecule has 2 aliphatic heterocycles. The van der Waals surface area contributed by atoms with Crippen LogP contribution in [0.1, 0.15) is 84.0 Å². The predicted molar refractivity (Wildman–Crippen MR) is 131 cm³/mol. The third-order valence-electron chi connectivity index (χ3n) is 9.82. The number of Topliss-reactive ketones (excluding diaryl/α,β-unsaturated/α-hetero) is 1. The van der Waals surface area contributed by atoms with Crippen LogP contribution in [0.5, 0.6) is 0 Å². The van der Waals surface area contributed by atoms with Gasteiger partial charge in [-0.1, -0.05) is 45.1 Å². The normalized spacial score (nSPS) is 37.2. The Balaban J connectivity index is 1.16. The highest BCUT2D eigenvalue weighted by Gasteiger charge is 2.71. The minimum atomic E-state index is -0.657. The maximum absolute atomic E-state index is 13.1. The minimum absolute atomic E-state index is 0.139. The number of ether oxygens (including phenoxy) is 3. The third kappa shape index (κ3) is 4.14. The lowest BCUT2D eigenvalue weighted by Gasteiger charge is -2.61. The van der Waals surface area contributed by atoms with Crippen LogP contribution in [0.25, 0.3) is 0 Å². The molecule has 4 unspecified atom stereocenters. The Morgan fingerprint density at radius 3 is 2.83 bits per heavy atom. The van der Waals surface area contributed by atoms with Gasteiger partial charge in [0.15, 0.2) is 17.6 Å². The van der Waals surface area contributed by atoms with Gasteiger partial charge in [0, 0.05) is 30.3 Å². The van der Waals surface area contributed by atoms with Crippen molar-refractivity contribution in [2.24, 2.45) is 29.1 Å². The molecule has 35 heavy (non-hydrogen) atoms. The van der Waals surface area contributed by atoms with Crippen LogP contribution in [0.2, 0.25) is 0 Å². The topological polar surface area (TPSA) is 65.1 Å². The fraction of sp³-hybridized carbons (Fsp3) is 0.793. The molecule has 2 heterocycles. The molecule has 6 atom stereocenters.